The summed E-state index contributed by atoms with van der Waals surface area (Å²) in [6, 6.07) is 0. The summed E-state index contributed by atoms with van der Waals surface area (Å²) < 4.78 is 10.8. The monoisotopic (exact) mass is 158 g/mol. The zero-order valence-corrected chi connectivity index (χ0v) is 7.25. The van der Waals surface area contributed by atoms with Gasteiger partial charge in [-0.25, -0.2) is 0 Å². The molecule has 1 unspecified atom stereocenters. The van der Waals surface area contributed by atoms with E-state index in [0.29, 0.717) is 0 Å². The summed E-state index contributed by atoms with van der Waals surface area (Å²) in [7, 11) is -0.631. The Morgan fingerprint density at radius 1 is 1.60 bits per heavy atom. The molecule has 0 N–H and O–H groups in total. The molecule has 0 bridgehead atoms. The maximum absolute atomic E-state index is 10.8. The van der Waals surface area contributed by atoms with Crippen LogP contribution in [0.25, 0.3) is 0 Å². The van der Waals surface area contributed by atoms with E-state index in [9.17, 15) is 4.21 Å². The van der Waals surface area contributed by atoms with Crippen molar-refractivity contribution in [3.8, 4) is 0 Å². The SMILES string of the molecule is CS(=O)CC1=CCCCC1. The van der Waals surface area contributed by atoms with E-state index in [1.165, 1.54) is 31.3 Å². The average Bonchev–Trinajstić information content (AvgIpc) is 1.88. The molecule has 1 atom stereocenters. The van der Waals surface area contributed by atoms with Crippen LogP contribution in [0.15, 0.2) is 11.6 Å². The van der Waals surface area contributed by atoms with Crippen LogP contribution < -0.4 is 0 Å². The summed E-state index contributed by atoms with van der Waals surface area (Å²) in [6.45, 7) is 0. The first-order chi connectivity index (χ1) is 4.79. The lowest BCUT2D eigenvalue weighted by Gasteiger charge is -2.10. The third kappa shape index (κ3) is 2.65. The molecule has 1 aliphatic rings. The van der Waals surface area contributed by atoms with Gasteiger partial charge in [-0.3, -0.25) is 4.21 Å². The average molecular weight is 158 g/mol. The molecule has 58 valence electrons. The van der Waals surface area contributed by atoms with Crippen molar-refractivity contribution in [2.24, 2.45) is 0 Å². The van der Waals surface area contributed by atoms with Gasteiger partial charge in [0.05, 0.1) is 0 Å². The summed E-state index contributed by atoms with van der Waals surface area (Å²) in [5.41, 5.74) is 1.41. The minimum absolute atomic E-state index is 0.631. The van der Waals surface area contributed by atoms with Crippen LogP contribution in [0.3, 0.4) is 0 Å². The molecular formula is C8H14OS. The molecule has 0 heterocycles. The van der Waals surface area contributed by atoms with Crippen LogP contribution in [0.5, 0.6) is 0 Å². The second kappa shape index (κ2) is 3.91. The van der Waals surface area contributed by atoms with Gasteiger partial charge in [0.15, 0.2) is 0 Å². The first-order valence-electron chi connectivity index (χ1n) is 3.77. The fraction of sp³-hybridized carbons (Fsp3) is 0.750. The Balaban J connectivity index is 2.38. The maximum atomic E-state index is 10.8. The van der Waals surface area contributed by atoms with Gasteiger partial charge in [-0.2, -0.15) is 0 Å². The Bertz CT molecular complexity index is 161. The molecule has 2 heteroatoms. The van der Waals surface area contributed by atoms with Gasteiger partial charge in [-0.05, 0) is 25.7 Å². The molecule has 0 radical (unpaired) electrons. The van der Waals surface area contributed by atoms with Crippen LogP contribution in [-0.2, 0) is 10.8 Å². The van der Waals surface area contributed by atoms with Crippen molar-refractivity contribution in [1.29, 1.82) is 0 Å². The van der Waals surface area contributed by atoms with E-state index in [4.69, 9.17) is 0 Å². The quantitative estimate of drug-likeness (QED) is 0.561. The third-order valence-electron chi connectivity index (χ3n) is 1.77. The second-order valence-corrected chi connectivity index (χ2v) is 4.26. The minimum atomic E-state index is -0.631. The predicted molar refractivity (Wildman–Crippen MR) is 45.5 cm³/mol. The van der Waals surface area contributed by atoms with Crippen molar-refractivity contribution in [3.63, 3.8) is 0 Å². The van der Waals surface area contributed by atoms with Crippen molar-refractivity contribution in [3.05, 3.63) is 11.6 Å². The van der Waals surface area contributed by atoms with Gasteiger partial charge in [-0.1, -0.05) is 11.6 Å². The van der Waals surface area contributed by atoms with Crippen molar-refractivity contribution in [1.82, 2.24) is 0 Å². The highest BCUT2D eigenvalue weighted by molar-refractivity contribution is 7.84. The van der Waals surface area contributed by atoms with Crippen LogP contribution >= 0.6 is 0 Å². The summed E-state index contributed by atoms with van der Waals surface area (Å²) >= 11 is 0. The third-order valence-corrected chi connectivity index (χ3v) is 2.55. The Morgan fingerprint density at radius 3 is 2.90 bits per heavy atom. The van der Waals surface area contributed by atoms with Gasteiger partial charge in [-0.15, -0.1) is 0 Å². The molecule has 1 rings (SSSR count). The van der Waals surface area contributed by atoms with Gasteiger partial charge in [0.1, 0.15) is 0 Å². The number of hydrogen-bond acceptors (Lipinski definition) is 1. The van der Waals surface area contributed by atoms with Crippen molar-refractivity contribution < 1.29 is 4.21 Å². The zero-order chi connectivity index (χ0) is 7.40. The summed E-state index contributed by atoms with van der Waals surface area (Å²) in [5, 5.41) is 0. The molecule has 0 saturated heterocycles. The number of allylic oxidation sites excluding steroid dienone is 1. The number of hydrogen-bond donors (Lipinski definition) is 0. The molecule has 0 aromatic heterocycles. The van der Waals surface area contributed by atoms with E-state index < -0.39 is 10.8 Å². The van der Waals surface area contributed by atoms with Gasteiger partial charge >= 0.3 is 0 Å². The molecule has 0 fully saturated rings. The van der Waals surface area contributed by atoms with Gasteiger partial charge < -0.3 is 0 Å². The molecule has 0 spiro atoms. The van der Waals surface area contributed by atoms with Gasteiger partial charge in [0.2, 0.25) is 0 Å². The predicted octanol–water partition coefficient (Wildman–Crippen LogP) is 1.87. The van der Waals surface area contributed by atoms with Crippen LogP contribution in [0.2, 0.25) is 0 Å². The van der Waals surface area contributed by atoms with E-state index in [1.54, 1.807) is 6.26 Å². The first-order valence-corrected chi connectivity index (χ1v) is 5.49. The highest BCUT2D eigenvalue weighted by Gasteiger charge is 2.03. The first kappa shape index (κ1) is 7.99. The van der Waals surface area contributed by atoms with Crippen LogP contribution in [0, 0.1) is 0 Å². The smallest absolute Gasteiger partial charge is 0.0442 e. The van der Waals surface area contributed by atoms with E-state index in [-0.39, 0.29) is 0 Å². The van der Waals surface area contributed by atoms with E-state index in [1.807, 2.05) is 0 Å². The van der Waals surface area contributed by atoms with Crippen LogP contribution in [0.1, 0.15) is 25.7 Å². The standard InChI is InChI=1S/C8H14OS/c1-10(9)7-8-5-3-2-4-6-8/h5H,2-4,6-7H2,1H3. The van der Waals surface area contributed by atoms with Crippen molar-refractivity contribution >= 4 is 10.8 Å². The Kier molecular flexibility index (Phi) is 3.13. The minimum Gasteiger partial charge on any atom is -0.260 e. The molecule has 10 heavy (non-hydrogen) atoms. The normalized spacial score (nSPS) is 21.9. The Hall–Kier alpha value is -0.110. The Labute approximate surface area is 65.0 Å². The Morgan fingerprint density at radius 2 is 2.40 bits per heavy atom. The number of rotatable bonds is 2. The molecule has 1 aliphatic carbocycles. The second-order valence-electron chi connectivity index (χ2n) is 2.83. The fourth-order valence-electron chi connectivity index (χ4n) is 1.30. The highest BCUT2D eigenvalue weighted by Crippen LogP contribution is 2.17. The summed E-state index contributed by atoms with van der Waals surface area (Å²) in [5.74, 6) is 0.806. The molecule has 0 saturated carbocycles. The largest absolute Gasteiger partial charge is 0.260 e. The van der Waals surface area contributed by atoms with Crippen molar-refractivity contribution in [2.75, 3.05) is 12.0 Å². The lowest BCUT2D eigenvalue weighted by Crippen LogP contribution is -2.01. The van der Waals surface area contributed by atoms with Crippen LogP contribution in [-0.4, -0.2) is 16.2 Å². The van der Waals surface area contributed by atoms with Crippen LogP contribution in [0.4, 0.5) is 0 Å². The molecule has 0 aromatic rings. The van der Waals surface area contributed by atoms with E-state index in [2.05, 4.69) is 6.08 Å². The molecule has 0 aliphatic heterocycles. The van der Waals surface area contributed by atoms with Gasteiger partial charge in [0.25, 0.3) is 0 Å². The lowest BCUT2D eigenvalue weighted by molar-refractivity contribution is 0.679. The molecule has 0 aromatic carbocycles. The summed E-state index contributed by atoms with van der Waals surface area (Å²) in [4.78, 5) is 0. The van der Waals surface area contributed by atoms with E-state index >= 15 is 0 Å². The zero-order valence-electron chi connectivity index (χ0n) is 6.43. The fourth-order valence-corrected chi connectivity index (χ4v) is 2.08. The molecular weight excluding hydrogens is 144 g/mol. The van der Waals surface area contributed by atoms with Gasteiger partial charge in [0, 0.05) is 22.8 Å². The lowest BCUT2D eigenvalue weighted by atomic mass is 10.0. The maximum Gasteiger partial charge on any atom is 0.0442 e. The molecule has 1 nitrogen and oxygen atoms in total. The highest BCUT2D eigenvalue weighted by atomic mass is 32.2. The van der Waals surface area contributed by atoms with Crippen molar-refractivity contribution in [2.45, 2.75) is 25.7 Å². The molecule has 0 amide bonds. The summed E-state index contributed by atoms with van der Waals surface area (Å²) in [6.07, 6.45) is 9.02. The van der Waals surface area contributed by atoms with E-state index in [0.717, 1.165) is 5.75 Å². The topological polar surface area (TPSA) is 17.1 Å².